The van der Waals surface area contributed by atoms with E-state index in [0.29, 0.717) is 11.1 Å². The number of carbonyl (C=O) groups is 3. The van der Waals surface area contributed by atoms with Crippen molar-refractivity contribution >= 4 is 34.7 Å². The number of benzene rings is 3. The lowest BCUT2D eigenvalue weighted by Gasteiger charge is -2.11. The number of ether oxygens (including phenoxy) is 1. The second-order valence-electron chi connectivity index (χ2n) is 6.20. The van der Waals surface area contributed by atoms with E-state index in [9.17, 15) is 19.5 Å². The molecule has 3 aromatic rings. The van der Waals surface area contributed by atoms with Gasteiger partial charge in [-0.15, -0.1) is 0 Å². The Kier molecular flexibility index (Phi) is 6.37. The molecule has 0 saturated heterocycles. The van der Waals surface area contributed by atoms with Gasteiger partial charge in [-0.05, 0) is 34.5 Å². The fourth-order valence-corrected chi connectivity index (χ4v) is 2.77. The van der Waals surface area contributed by atoms with E-state index < -0.39 is 24.3 Å². The van der Waals surface area contributed by atoms with Crippen LogP contribution in [0.5, 0.6) is 0 Å². The molecular weight excluding hydrogens is 370 g/mol. The number of hydrogen-bond donors (Lipinski definition) is 1. The van der Waals surface area contributed by atoms with Crippen LogP contribution < -0.4 is 10.4 Å². The molecule has 0 radical (unpaired) electrons. The molecule has 0 unspecified atom stereocenters. The highest BCUT2D eigenvalue weighted by Crippen LogP contribution is 2.21. The van der Waals surface area contributed by atoms with Crippen LogP contribution in [0.25, 0.3) is 16.8 Å². The molecular formula is C23H18NO5-. The van der Waals surface area contributed by atoms with Gasteiger partial charge in [0.1, 0.15) is 5.70 Å². The molecule has 1 amide bonds. The van der Waals surface area contributed by atoms with Gasteiger partial charge in [0.25, 0.3) is 5.91 Å². The molecule has 0 aromatic heterocycles. The fourth-order valence-electron chi connectivity index (χ4n) is 2.77. The standard InChI is InChI=1S/C23H19NO5/c25-21(26)13-14-29-23(28)20(24-22(27)17-8-2-1-3-9-17)15-18-11-6-10-16-7-4-5-12-19(16)18/h1-12,15H,13-14H2,(H,24,27)(H,25,26)/p-1/b20-15-. The SMILES string of the molecule is O=C([O-])CCOC(=O)/C(=C/c1cccc2ccccc12)NC(=O)c1ccccc1. The molecule has 0 spiro atoms. The van der Waals surface area contributed by atoms with Gasteiger partial charge in [-0.1, -0.05) is 60.7 Å². The van der Waals surface area contributed by atoms with Crippen LogP contribution in [0.2, 0.25) is 0 Å². The maximum absolute atomic E-state index is 12.5. The summed E-state index contributed by atoms with van der Waals surface area (Å²) in [6.07, 6.45) is 1.09. The molecule has 3 aromatic carbocycles. The number of carbonyl (C=O) groups excluding carboxylic acids is 3. The third kappa shape index (κ3) is 5.29. The first kappa shape index (κ1) is 19.8. The Labute approximate surface area is 167 Å². The second-order valence-corrected chi connectivity index (χ2v) is 6.20. The Morgan fingerprint density at radius 1 is 0.897 bits per heavy atom. The lowest BCUT2D eigenvalue weighted by molar-refractivity contribution is -0.306. The predicted octanol–water partition coefficient (Wildman–Crippen LogP) is 2.29. The quantitative estimate of drug-likeness (QED) is 0.495. The summed E-state index contributed by atoms with van der Waals surface area (Å²) >= 11 is 0. The minimum atomic E-state index is -1.33. The maximum atomic E-state index is 12.5. The van der Waals surface area contributed by atoms with Crippen LogP contribution in [-0.2, 0) is 14.3 Å². The van der Waals surface area contributed by atoms with E-state index in [0.717, 1.165) is 10.8 Å². The van der Waals surface area contributed by atoms with Crippen LogP contribution in [0.15, 0.2) is 78.5 Å². The Morgan fingerprint density at radius 2 is 1.59 bits per heavy atom. The summed E-state index contributed by atoms with van der Waals surface area (Å²) in [7, 11) is 0. The van der Waals surface area contributed by atoms with Crippen molar-refractivity contribution in [3.63, 3.8) is 0 Å². The average Bonchev–Trinajstić information content (AvgIpc) is 2.73. The lowest BCUT2D eigenvalue weighted by atomic mass is 10.0. The van der Waals surface area contributed by atoms with Crippen molar-refractivity contribution in [2.75, 3.05) is 6.61 Å². The largest absolute Gasteiger partial charge is 0.550 e. The van der Waals surface area contributed by atoms with Gasteiger partial charge in [-0.3, -0.25) is 4.79 Å². The monoisotopic (exact) mass is 388 g/mol. The van der Waals surface area contributed by atoms with Gasteiger partial charge >= 0.3 is 5.97 Å². The van der Waals surface area contributed by atoms with Gasteiger partial charge in [0.15, 0.2) is 0 Å². The molecule has 0 fully saturated rings. The topological polar surface area (TPSA) is 95.5 Å². The van der Waals surface area contributed by atoms with Crippen molar-refractivity contribution in [3.05, 3.63) is 89.6 Å². The number of hydrogen-bond acceptors (Lipinski definition) is 5. The number of rotatable bonds is 7. The highest BCUT2D eigenvalue weighted by Gasteiger charge is 2.16. The van der Waals surface area contributed by atoms with Crippen molar-refractivity contribution in [1.82, 2.24) is 5.32 Å². The molecule has 0 heterocycles. The highest BCUT2D eigenvalue weighted by molar-refractivity contribution is 6.04. The predicted molar refractivity (Wildman–Crippen MR) is 106 cm³/mol. The summed E-state index contributed by atoms with van der Waals surface area (Å²) in [6, 6.07) is 21.6. The minimum absolute atomic E-state index is 0.0893. The smallest absolute Gasteiger partial charge is 0.354 e. The van der Waals surface area contributed by atoms with E-state index in [1.807, 2.05) is 42.5 Å². The third-order valence-electron chi connectivity index (χ3n) is 4.17. The number of carboxylic acid groups (broad SMARTS) is 1. The molecule has 0 saturated carbocycles. The van der Waals surface area contributed by atoms with Crippen molar-refractivity contribution in [2.45, 2.75) is 6.42 Å². The van der Waals surface area contributed by atoms with Crippen molar-refractivity contribution in [1.29, 1.82) is 0 Å². The molecule has 0 bridgehead atoms. The molecule has 0 aliphatic heterocycles. The number of aliphatic carboxylic acids is 1. The Balaban J connectivity index is 1.93. The van der Waals surface area contributed by atoms with Crippen LogP contribution in [-0.4, -0.2) is 24.5 Å². The van der Waals surface area contributed by atoms with Crippen molar-refractivity contribution in [2.24, 2.45) is 0 Å². The first-order valence-electron chi connectivity index (χ1n) is 8.97. The van der Waals surface area contributed by atoms with E-state index in [4.69, 9.17) is 4.74 Å². The Morgan fingerprint density at radius 3 is 2.34 bits per heavy atom. The first-order valence-corrected chi connectivity index (χ1v) is 8.97. The number of fused-ring (bicyclic) bond motifs is 1. The summed E-state index contributed by atoms with van der Waals surface area (Å²) in [5.41, 5.74) is 0.996. The van der Waals surface area contributed by atoms with E-state index in [1.54, 1.807) is 30.3 Å². The summed E-state index contributed by atoms with van der Waals surface area (Å²) in [5, 5.41) is 15.0. The molecule has 0 aliphatic carbocycles. The van der Waals surface area contributed by atoms with Crippen molar-refractivity contribution in [3.8, 4) is 0 Å². The van der Waals surface area contributed by atoms with Crippen LogP contribution in [0.4, 0.5) is 0 Å². The van der Waals surface area contributed by atoms with Gasteiger partial charge < -0.3 is 20.0 Å². The van der Waals surface area contributed by atoms with Gasteiger partial charge in [-0.2, -0.15) is 0 Å². The van der Waals surface area contributed by atoms with Gasteiger partial charge in [0.2, 0.25) is 0 Å². The molecule has 0 aliphatic rings. The number of amides is 1. The fraction of sp³-hybridized carbons (Fsp3) is 0.0870. The summed E-state index contributed by atoms with van der Waals surface area (Å²) < 4.78 is 4.99. The number of esters is 1. The van der Waals surface area contributed by atoms with Gasteiger partial charge in [0, 0.05) is 18.0 Å². The van der Waals surface area contributed by atoms with E-state index in [2.05, 4.69) is 5.32 Å². The Hall–Kier alpha value is -3.93. The van der Waals surface area contributed by atoms with E-state index in [1.165, 1.54) is 6.08 Å². The van der Waals surface area contributed by atoms with Crippen molar-refractivity contribution < 1.29 is 24.2 Å². The van der Waals surface area contributed by atoms with Gasteiger partial charge in [0.05, 0.1) is 6.61 Å². The van der Waals surface area contributed by atoms with Crippen LogP contribution >= 0.6 is 0 Å². The normalized spacial score (nSPS) is 11.1. The van der Waals surface area contributed by atoms with Gasteiger partial charge in [-0.25, -0.2) is 4.79 Å². The zero-order valence-electron chi connectivity index (χ0n) is 15.5. The molecule has 146 valence electrons. The van der Waals surface area contributed by atoms with E-state index >= 15 is 0 Å². The number of nitrogens with one attached hydrogen (secondary N) is 1. The molecule has 6 heteroatoms. The lowest BCUT2D eigenvalue weighted by Crippen LogP contribution is -2.30. The maximum Gasteiger partial charge on any atom is 0.354 e. The second kappa shape index (κ2) is 9.32. The summed E-state index contributed by atoms with van der Waals surface area (Å²) in [4.78, 5) is 35.6. The van der Waals surface area contributed by atoms with Crippen LogP contribution in [0.3, 0.4) is 0 Å². The minimum Gasteiger partial charge on any atom is -0.550 e. The zero-order valence-corrected chi connectivity index (χ0v) is 15.5. The first-order chi connectivity index (χ1) is 14.0. The van der Waals surface area contributed by atoms with Crippen LogP contribution in [0, 0.1) is 0 Å². The third-order valence-corrected chi connectivity index (χ3v) is 4.17. The molecule has 0 atom stereocenters. The van der Waals surface area contributed by atoms with E-state index in [-0.39, 0.29) is 12.3 Å². The molecule has 29 heavy (non-hydrogen) atoms. The molecule has 1 N–H and O–H groups in total. The highest BCUT2D eigenvalue weighted by atomic mass is 16.5. The van der Waals surface area contributed by atoms with Crippen LogP contribution in [0.1, 0.15) is 22.3 Å². The molecule has 3 rings (SSSR count). The summed E-state index contributed by atoms with van der Waals surface area (Å²) in [6.45, 7) is -0.352. The summed E-state index contributed by atoms with van der Waals surface area (Å²) in [5.74, 6) is -2.64. The average molecular weight is 388 g/mol. The number of carboxylic acids is 1. The molecule has 6 nitrogen and oxygen atoms in total. The Bertz CT molecular complexity index is 1070. The zero-order chi connectivity index (χ0) is 20.6.